The Morgan fingerprint density at radius 3 is 2.25 bits per heavy atom. The predicted molar refractivity (Wildman–Crippen MR) is 81.7 cm³/mol. The molecule has 0 radical (unpaired) electrons. The third-order valence-corrected chi connectivity index (χ3v) is 3.14. The molecule has 0 fully saturated rings. The van der Waals surface area contributed by atoms with Crippen LogP contribution in [0.3, 0.4) is 0 Å². The van der Waals surface area contributed by atoms with E-state index in [2.05, 4.69) is 31.4 Å². The van der Waals surface area contributed by atoms with Crippen LogP contribution in [0, 0.1) is 11.8 Å². The SMILES string of the molecule is CC(CCO)NCC(CNC(=O)OC(C)(C)C)C(C)C. The Balaban J connectivity index is 4.12. The Morgan fingerprint density at radius 2 is 1.80 bits per heavy atom. The Morgan fingerprint density at radius 1 is 1.20 bits per heavy atom. The van der Waals surface area contributed by atoms with E-state index in [1.807, 2.05) is 20.8 Å². The van der Waals surface area contributed by atoms with Crippen LogP contribution in [-0.4, -0.2) is 42.5 Å². The lowest BCUT2D eigenvalue weighted by atomic mass is 9.95. The summed E-state index contributed by atoms with van der Waals surface area (Å²) in [5.74, 6) is 0.794. The number of aliphatic hydroxyl groups excluding tert-OH is 1. The quantitative estimate of drug-likeness (QED) is 0.640. The maximum atomic E-state index is 11.6. The molecule has 0 saturated heterocycles. The van der Waals surface area contributed by atoms with Crippen molar-refractivity contribution in [3.63, 3.8) is 0 Å². The number of amides is 1. The van der Waals surface area contributed by atoms with E-state index < -0.39 is 5.60 Å². The van der Waals surface area contributed by atoms with Gasteiger partial charge in [-0.25, -0.2) is 4.79 Å². The molecule has 0 bridgehead atoms. The summed E-state index contributed by atoms with van der Waals surface area (Å²) >= 11 is 0. The summed E-state index contributed by atoms with van der Waals surface area (Å²) < 4.78 is 5.23. The number of hydrogen-bond acceptors (Lipinski definition) is 4. The van der Waals surface area contributed by atoms with Gasteiger partial charge in [-0.05, 0) is 46.0 Å². The first-order chi connectivity index (χ1) is 9.15. The molecule has 0 aliphatic rings. The van der Waals surface area contributed by atoms with Gasteiger partial charge in [0.1, 0.15) is 5.60 Å². The van der Waals surface area contributed by atoms with Gasteiger partial charge in [-0.2, -0.15) is 0 Å². The molecule has 2 atom stereocenters. The second-order valence-corrected chi connectivity index (χ2v) is 6.71. The minimum Gasteiger partial charge on any atom is -0.444 e. The van der Waals surface area contributed by atoms with E-state index in [4.69, 9.17) is 9.84 Å². The molecule has 5 nitrogen and oxygen atoms in total. The third-order valence-electron chi connectivity index (χ3n) is 3.14. The van der Waals surface area contributed by atoms with E-state index >= 15 is 0 Å². The van der Waals surface area contributed by atoms with Crippen molar-refractivity contribution in [1.29, 1.82) is 0 Å². The number of carbonyl (C=O) groups excluding carboxylic acids is 1. The van der Waals surface area contributed by atoms with Crippen molar-refractivity contribution in [2.45, 2.75) is 59.6 Å². The molecule has 0 saturated carbocycles. The minimum absolute atomic E-state index is 0.191. The van der Waals surface area contributed by atoms with Gasteiger partial charge in [-0.1, -0.05) is 13.8 Å². The Kier molecular flexibility index (Phi) is 8.81. The maximum absolute atomic E-state index is 11.6. The van der Waals surface area contributed by atoms with E-state index in [0.29, 0.717) is 18.4 Å². The van der Waals surface area contributed by atoms with Crippen molar-refractivity contribution in [3.05, 3.63) is 0 Å². The van der Waals surface area contributed by atoms with Crippen LogP contribution in [0.25, 0.3) is 0 Å². The van der Waals surface area contributed by atoms with Gasteiger partial charge in [0.2, 0.25) is 0 Å². The van der Waals surface area contributed by atoms with Crippen LogP contribution in [-0.2, 0) is 4.74 Å². The average molecular weight is 288 g/mol. The van der Waals surface area contributed by atoms with Gasteiger partial charge in [-0.3, -0.25) is 0 Å². The molecule has 20 heavy (non-hydrogen) atoms. The van der Waals surface area contributed by atoms with Crippen molar-refractivity contribution in [3.8, 4) is 0 Å². The Labute approximate surface area is 123 Å². The highest BCUT2D eigenvalue weighted by molar-refractivity contribution is 5.67. The normalized spacial score (nSPS) is 15.0. The minimum atomic E-state index is -0.467. The van der Waals surface area contributed by atoms with Crippen LogP contribution in [0.2, 0.25) is 0 Å². The summed E-state index contributed by atoms with van der Waals surface area (Å²) in [7, 11) is 0. The maximum Gasteiger partial charge on any atom is 0.407 e. The molecule has 3 N–H and O–H groups in total. The number of alkyl carbamates (subject to hydrolysis) is 1. The molecule has 5 heteroatoms. The van der Waals surface area contributed by atoms with Crippen LogP contribution < -0.4 is 10.6 Å². The summed E-state index contributed by atoms with van der Waals surface area (Å²) in [6, 6.07) is 0.280. The molecular formula is C15H32N2O3. The van der Waals surface area contributed by atoms with Crippen LogP contribution in [0.5, 0.6) is 0 Å². The zero-order valence-electron chi connectivity index (χ0n) is 13.8. The number of rotatable bonds is 8. The summed E-state index contributed by atoms with van der Waals surface area (Å²) in [5, 5.41) is 15.1. The average Bonchev–Trinajstić information content (AvgIpc) is 2.26. The molecule has 1 amide bonds. The molecule has 0 aliphatic carbocycles. The number of nitrogens with one attached hydrogen (secondary N) is 2. The number of hydrogen-bond donors (Lipinski definition) is 3. The fourth-order valence-corrected chi connectivity index (χ4v) is 1.72. The number of ether oxygens (including phenoxy) is 1. The van der Waals surface area contributed by atoms with Gasteiger partial charge in [0, 0.05) is 25.7 Å². The van der Waals surface area contributed by atoms with Crippen LogP contribution in [0.1, 0.15) is 48.0 Å². The zero-order chi connectivity index (χ0) is 15.8. The van der Waals surface area contributed by atoms with Crippen molar-refractivity contribution < 1.29 is 14.6 Å². The van der Waals surface area contributed by atoms with Crippen molar-refractivity contribution in [2.75, 3.05) is 19.7 Å². The van der Waals surface area contributed by atoms with Gasteiger partial charge in [-0.15, -0.1) is 0 Å². The lowest BCUT2D eigenvalue weighted by molar-refractivity contribution is 0.0514. The van der Waals surface area contributed by atoms with E-state index in [9.17, 15) is 4.79 Å². The second kappa shape index (κ2) is 9.19. The fourth-order valence-electron chi connectivity index (χ4n) is 1.72. The monoisotopic (exact) mass is 288 g/mol. The van der Waals surface area contributed by atoms with Crippen molar-refractivity contribution in [1.82, 2.24) is 10.6 Å². The Bertz CT molecular complexity index is 275. The van der Waals surface area contributed by atoms with Crippen molar-refractivity contribution in [2.24, 2.45) is 11.8 Å². The molecule has 120 valence electrons. The Hall–Kier alpha value is -0.810. The fraction of sp³-hybridized carbons (Fsp3) is 0.933. The summed E-state index contributed by atoms with van der Waals surface area (Å²) in [6.45, 7) is 13.5. The molecule has 0 spiro atoms. The second-order valence-electron chi connectivity index (χ2n) is 6.71. The standard InChI is InChI=1S/C15H32N2O3/c1-11(2)13(9-16-12(3)7-8-18)10-17-14(19)20-15(4,5)6/h11-13,16,18H,7-10H2,1-6H3,(H,17,19). The molecule has 0 aromatic heterocycles. The molecule has 0 aliphatic heterocycles. The first-order valence-corrected chi connectivity index (χ1v) is 7.46. The van der Waals surface area contributed by atoms with E-state index in [1.165, 1.54) is 0 Å². The van der Waals surface area contributed by atoms with Gasteiger partial charge >= 0.3 is 6.09 Å². The van der Waals surface area contributed by atoms with E-state index in [1.54, 1.807) is 0 Å². The topological polar surface area (TPSA) is 70.6 Å². The molecule has 0 aromatic rings. The van der Waals surface area contributed by atoms with Gasteiger partial charge in [0.25, 0.3) is 0 Å². The highest BCUT2D eigenvalue weighted by Crippen LogP contribution is 2.11. The highest BCUT2D eigenvalue weighted by Gasteiger charge is 2.19. The van der Waals surface area contributed by atoms with E-state index in [-0.39, 0.29) is 18.7 Å². The molecular weight excluding hydrogens is 256 g/mol. The molecule has 0 aromatic carbocycles. The zero-order valence-corrected chi connectivity index (χ0v) is 13.8. The molecule has 2 unspecified atom stereocenters. The van der Waals surface area contributed by atoms with Crippen LogP contribution in [0.4, 0.5) is 4.79 Å². The van der Waals surface area contributed by atoms with Gasteiger partial charge < -0.3 is 20.5 Å². The molecule has 0 rings (SSSR count). The number of aliphatic hydroxyl groups is 1. The van der Waals surface area contributed by atoms with Gasteiger partial charge in [0.15, 0.2) is 0 Å². The lowest BCUT2D eigenvalue weighted by Crippen LogP contribution is -2.41. The van der Waals surface area contributed by atoms with E-state index in [0.717, 1.165) is 13.0 Å². The summed E-state index contributed by atoms with van der Waals surface area (Å²) in [5.41, 5.74) is -0.467. The van der Waals surface area contributed by atoms with Crippen LogP contribution in [0.15, 0.2) is 0 Å². The highest BCUT2D eigenvalue weighted by atomic mass is 16.6. The summed E-state index contributed by atoms with van der Waals surface area (Å²) in [4.78, 5) is 11.6. The third kappa shape index (κ3) is 10.0. The predicted octanol–water partition coefficient (Wildman–Crippen LogP) is 2.14. The first kappa shape index (κ1) is 19.2. The molecule has 0 heterocycles. The smallest absolute Gasteiger partial charge is 0.407 e. The first-order valence-electron chi connectivity index (χ1n) is 7.46. The van der Waals surface area contributed by atoms with Crippen LogP contribution >= 0.6 is 0 Å². The largest absolute Gasteiger partial charge is 0.444 e. The lowest BCUT2D eigenvalue weighted by Gasteiger charge is -2.25. The number of carbonyl (C=O) groups is 1. The summed E-state index contributed by atoms with van der Waals surface area (Å²) in [6.07, 6.45) is 0.371. The van der Waals surface area contributed by atoms with Crippen molar-refractivity contribution >= 4 is 6.09 Å². The van der Waals surface area contributed by atoms with Gasteiger partial charge in [0.05, 0.1) is 0 Å².